The van der Waals surface area contributed by atoms with Gasteiger partial charge in [-0.1, -0.05) is 54.0 Å². The molecule has 7 heteroatoms. The molecule has 1 aromatic heterocycles. The second-order valence-corrected chi connectivity index (χ2v) is 7.98. The van der Waals surface area contributed by atoms with Crippen LogP contribution in [-0.2, 0) is 0 Å². The molecule has 0 bridgehead atoms. The first-order chi connectivity index (χ1) is 15.0. The Hall–Kier alpha value is -3.19. The van der Waals surface area contributed by atoms with E-state index in [0.717, 1.165) is 41.1 Å². The molecule has 31 heavy (non-hydrogen) atoms. The van der Waals surface area contributed by atoms with Crippen molar-refractivity contribution in [2.24, 2.45) is 0 Å². The molecule has 1 unspecified atom stereocenters. The van der Waals surface area contributed by atoms with E-state index in [1.165, 1.54) is 5.56 Å². The molecule has 0 radical (unpaired) electrons. The van der Waals surface area contributed by atoms with E-state index in [-0.39, 0.29) is 6.04 Å². The quantitative estimate of drug-likeness (QED) is 0.540. The number of allylic oxidation sites excluding steroid dienone is 1. The van der Waals surface area contributed by atoms with E-state index >= 15 is 0 Å². The van der Waals surface area contributed by atoms with E-state index in [1.54, 1.807) is 7.11 Å². The Labute approximate surface area is 187 Å². The lowest BCUT2D eigenvalue weighted by Crippen LogP contribution is -2.46. The molecule has 4 rings (SSSR count). The van der Waals surface area contributed by atoms with Gasteiger partial charge in [0.15, 0.2) is 5.11 Å². The van der Waals surface area contributed by atoms with Crippen LogP contribution in [0.1, 0.15) is 43.3 Å². The molecule has 1 aliphatic heterocycles. The number of thiocarbonyl (C=S) groups is 1. The van der Waals surface area contributed by atoms with Crippen LogP contribution in [0.4, 0.5) is 0 Å². The standard InChI is InChI=1S/C24H26N4O2S/c1-5-14-28-16(3)20(21(25-24(28)31)17-10-12-19(29-4)13-11-17)23-26-22(27-30-23)18-8-6-15(2)7-9-18/h6-13,21H,5,14H2,1-4H3,(H,25,31). The minimum atomic E-state index is -0.196. The van der Waals surface area contributed by atoms with Gasteiger partial charge < -0.3 is 19.5 Å². The first-order valence-corrected chi connectivity index (χ1v) is 10.8. The molecule has 0 aliphatic carbocycles. The monoisotopic (exact) mass is 434 g/mol. The fourth-order valence-corrected chi connectivity index (χ4v) is 4.10. The lowest BCUT2D eigenvalue weighted by Gasteiger charge is -2.37. The summed E-state index contributed by atoms with van der Waals surface area (Å²) in [7, 11) is 1.66. The average molecular weight is 435 g/mol. The first kappa shape index (κ1) is 21.1. The third kappa shape index (κ3) is 4.18. The molecule has 160 valence electrons. The molecule has 0 fully saturated rings. The lowest BCUT2D eigenvalue weighted by molar-refractivity contribution is 0.396. The van der Waals surface area contributed by atoms with Crippen LogP contribution >= 0.6 is 12.2 Å². The van der Waals surface area contributed by atoms with Crippen molar-refractivity contribution in [2.45, 2.75) is 33.2 Å². The van der Waals surface area contributed by atoms with E-state index in [1.807, 2.05) is 48.5 Å². The number of hydrogen-bond acceptors (Lipinski definition) is 5. The fraction of sp³-hybridized carbons (Fsp3) is 0.292. The summed E-state index contributed by atoms with van der Waals surface area (Å²) >= 11 is 5.68. The van der Waals surface area contributed by atoms with E-state index in [4.69, 9.17) is 26.5 Å². The number of ether oxygens (including phenoxy) is 1. The van der Waals surface area contributed by atoms with E-state index in [2.05, 4.69) is 36.1 Å². The molecule has 0 spiro atoms. The van der Waals surface area contributed by atoms with Gasteiger partial charge in [-0.05, 0) is 50.2 Å². The summed E-state index contributed by atoms with van der Waals surface area (Å²) < 4.78 is 11.1. The molecule has 3 aromatic rings. The molecule has 0 amide bonds. The summed E-state index contributed by atoms with van der Waals surface area (Å²) in [6, 6.07) is 15.8. The van der Waals surface area contributed by atoms with Gasteiger partial charge in [0, 0.05) is 17.8 Å². The van der Waals surface area contributed by atoms with E-state index < -0.39 is 0 Å². The van der Waals surface area contributed by atoms with Crippen molar-refractivity contribution in [1.82, 2.24) is 20.4 Å². The van der Waals surface area contributed by atoms with Crippen LogP contribution in [0.15, 0.2) is 58.8 Å². The Bertz CT molecular complexity index is 1100. The van der Waals surface area contributed by atoms with Gasteiger partial charge in [0.1, 0.15) is 5.75 Å². The van der Waals surface area contributed by atoms with Gasteiger partial charge in [-0.15, -0.1) is 0 Å². The summed E-state index contributed by atoms with van der Waals surface area (Å²) in [5.41, 5.74) is 5.10. The first-order valence-electron chi connectivity index (χ1n) is 10.4. The van der Waals surface area contributed by atoms with Crippen molar-refractivity contribution in [3.63, 3.8) is 0 Å². The van der Waals surface area contributed by atoms with Gasteiger partial charge >= 0.3 is 0 Å². The Morgan fingerprint density at radius 2 is 1.81 bits per heavy atom. The zero-order valence-electron chi connectivity index (χ0n) is 18.2. The number of nitrogens with one attached hydrogen (secondary N) is 1. The number of aromatic nitrogens is 2. The molecule has 1 atom stereocenters. The maximum atomic E-state index is 5.76. The minimum absolute atomic E-state index is 0.196. The predicted octanol–water partition coefficient (Wildman–Crippen LogP) is 5.13. The second-order valence-electron chi connectivity index (χ2n) is 7.60. The molecule has 6 nitrogen and oxygen atoms in total. The molecule has 1 aliphatic rings. The van der Waals surface area contributed by atoms with Crippen LogP contribution in [0.2, 0.25) is 0 Å². The van der Waals surface area contributed by atoms with Crippen molar-refractivity contribution < 1.29 is 9.26 Å². The maximum Gasteiger partial charge on any atom is 0.258 e. The normalized spacial score (nSPS) is 16.5. The largest absolute Gasteiger partial charge is 0.497 e. The second kappa shape index (κ2) is 8.89. The van der Waals surface area contributed by atoms with Crippen molar-refractivity contribution in [3.05, 3.63) is 71.2 Å². The molecular weight excluding hydrogens is 408 g/mol. The lowest BCUT2D eigenvalue weighted by atomic mass is 9.94. The van der Waals surface area contributed by atoms with Gasteiger partial charge in [0.25, 0.3) is 5.89 Å². The maximum absolute atomic E-state index is 5.76. The van der Waals surface area contributed by atoms with Crippen LogP contribution in [-0.4, -0.2) is 33.8 Å². The van der Waals surface area contributed by atoms with Crippen molar-refractivity contribution in [3.8, 4) is 17.1 Å². The molecular formula is C24H26N4O2S. The topological polar surface area (TPSA) is 63.4 Å². The number of nitrogens with zero attached hydrogens (tertiary/aromatic N) is 3. The zero-order chi connectivity index (χ0) is 22.0. The SMILES string of the molecule is CCCN1C(=S)NC(c2ccc(OC)cc2)C(c2nc(-c3ccc(C)cc3)no2)=C1C. The number of methoxy groups -OCH3 is 1. The highest BCUT2D eigenvalue weighted by atomic mass is 32.1. The average Bonchev–Trinajstić information content (AvgIpc) is 3.26. The smallest absolute Gasteiger partial charge is 0.258 e. The highest BCUT2D eigenvalue weighted by Crippen LogP contribution is 2.37. The Morgan fingerprint density at radius 3 is 2.45 bits per heavy atom. The van der Waals surface area contributed by atoms with Crippen LogP contribution < -0.4 is 10.1 Å². The molecule has 2 heterocycles. The van der Waals surface area contributed by atoms with Gasteiger partial charge in [0.2, 0.25) is 5.82 Å². The van der Waals surface area contributed by atoms with Gasteiger partial charge in [-0.2, -0.15) is 4.98 Å². The Morgan fingerprint density at radius 1 is 1.10 bits per heavy atom. The Kier molecular flexibility index (Phi) is 6.04. The van der Waals surface area contributed by atoms with E-state index in [9.17, 15) is 0 Å². The highest BCUT2D eigenvalue weighted by molar-refractivity contribution is 7.80. The third-order valence-corrected chi connectivity index (χ3v) is 5.80. The van der Waals surface area contributed by atoms with Crippen molar-refractivity contribution >= 4 is 22.9 Å². The van der Waals surface area contributed by atoms with Crippen LogP contribution in [0.25, 0.3) is 17.0 Å². The molecule has 2 aromatic carbocycles. The van der Waals surface area contributed by atoms with Crippen LogP contribution in [0.3, 0.4) is 0 Å². The van der Waals surface area contributed by atoms with E-state index in [0.29, 0.717) is 16.8 Å². The summed E-state index contributed by atoms with van der Waals surface area (Å²) in [4.78, 5) is 6.84. The fourth-order valence-electron chi connectivity index (χ4n) is 3.75. The van der Waals surface area contributed by atoms with Crippen LogP contribution in [0, 0.1) is 6.92 Å². The van der Waals surface area contributed by atoms with Gasteiger partial charge in [-0.25, -0.2) is 0 Å². The molecule has 1 N–H and O–H groups in total. The summed E-state index contributed by atoms with van der Waals surface area (Å²) in [6.07, 6.45) is 0.970. The Balaban J connectivity index is 1.79. The van der Waals surface area contributed by atoms with Crippen molar-refractivity contribution in [1.29, 1.82) is 0 Å². The number of aryl methyl sites for hydroxylation is 1. The summed E-state index contributed by atoms with van der Waals surface area (Å²) in [5, 5.41) is 8.42. The number of hydrogen-bond donors (Lipinski definition) is 1. The predicted molar refractivity (Wildman–Crippen MR) is 126 cm³/mol. The minimum Gasteiger partial charge on any atom is -0.497 e. The summed E-state index contributed by atoms with van der Waals surface area (Å²) in [6.45, 7) is 7.06. The van der Waals surface area contributed by atoms with Gasteiger partial charge in [-0.3, -0.25) is 0 Å². The zero-order valence-corrected chi connectivity index (χ0v) is 19.0. The molecule has 0 saturated heterocycles. The summed E-state index contributed by atoms with van der Waals surface area (Å²) in [5.74, 6) is 1.86. The highest BCUT2D eigenvalue weighted by Gasteiger charge is 2.33. The van der Waals surface area contributed by atoms with Crippen molar-refractivity contribution in [2.75, 3.05) is 13.7 Å². The molecule has 0 saturated carbocycles. The third-order valence-electron chi connectivity index (χ3n) is 5.46. The van der Waals surface area contributed by atoms with Gasteiger partial charge in [0.05, 0.1) is 18.7 Å². The number of rotatable bonds is 6. The van der Waals surface area contributed by atoms with Crippen LogP contribution in [0.5, 0.6) is 5.75 Å². The number of benzene rings is 2.